The zero-order valence-electron chi connectivity index (χ0n) is 10.4. The van der Waals surface area contributed by atoms with Gasteiger partial charge in [0.15, 0.2) is 0 Å². The van der Waals surface area contributed by atoms with Gasteiger partial charge in [-0.1, -0.05) is 18.2 Å². The molecule has 0 aliphatic rings. The Morgan fingerprint density at radius 3 is 2.68 bits per heavy atom. The van der Waals surface area contributed by atoms with E-state index in [1.165, 1.54) is 6.92 Å². The second-order valence-corrected chi connectivity index (χ2v) is 4.87. The fraction of sp³-hybridized carbons (Fsp3) is 0.231. The molecule has 0 saturated heterocycles. The highest BCUT2D eigenvalue weighted by Gasteiger charge is 2.27. The number of benzene rings is 1. The lowest BCUT2D eigenvalue weighted by Gasteiger charge is -2.20. The number of H-pyrrole nitrogens is 1. The zero-order chi connectivity index (χ0) is 14.0. The van der Waals surface area contributed by atoms with Crippen molar-refractivity contribution in [3.8, 4) is 0 Å². The number of rotatable bonds is 4. The number of carbonyl (C=O) groups excluding carboxylic acids is 2. The Labute approximate surface area is 116 Å². The Morgan fingerprint density at radius 2 is 2.05 bits per heavy atom. The standard InChI is InChI=1S/C13H15N3O2S/c1-7(17)16-11(13(14)18)12(19)9-6-15-10-5-3-2-4-8(9)10/h2-6,11-12,15,19H,1H3,(H2,14,18)(H,16,17). The van der Waals surface area contributed by atoms with Gasteiger partial charge in [0.25, 0.3) is 0 Å². The number of para-hydroxylation sites is 1. The van der Waals surface area contributed by atoms with Gasteiger partial charge < -0.3 is 16.0 Å². The van der Waals surface area contributed by atoms with E-state index in [1.54, 1.807) is 6.20 Å². The van der Waals surface area contributed by atoms with Crippen molar-refractivity contribution in [3.63, 3.8) is 0 Å². The van der Waals surface area contributed by atoms with Gasteiger partial charge in [-0.25, -0.2) is 0 Å². The number of amides is 2. The number of hydrogen-bond donors (Lipinski definition) is 4. The normalized spacial score (nSPS) is 14.0. The molecular weight excluding hydrogens is 262 g/mol. The van der Waals surface area contributed by atoms with Gasteiger partial charge in [0.1, 0.15) is 6.04 Å². The first-order valence-electron chi connectivity index (χ1n) is 5.81. The predicted octanol–water partition coefficient (Wildman–Crippen LogP) is 1.13. The van der Waals surface area contributed by atoms with Gasteiger partial charge in [-0.15, -0.1) is 0 Å². The molecule has 19 heavy (non-hydrogen) atoms. The maximum atomic E-state index is 11.5. The number of hydrogen-bond acceptors (Lipinski definition) is 3. The maximum Gasteiger partial charge on any atom is 0.241 e. The van der Waals surface area contributed by atoms with Crippen molar-refractivity contribution in [3.05, 3.63) is 36.0 Å². The van der Waals surface area contributed by atoms with Crippen LogP contribution in [-0.4, -0.2) is 22.8 Å². The molecule has 2 unspecified atom stereocenters. The van der Waals surface area contributed by atoms with Gasteiger partial charge in [-0.3, -0.25) is 9.59 Å². The average Bonchev–Trinajstić information content (AvgIpc) is 2.78. The molecule has 0 spiro atoms. The number of fused-ring (bicyclic) bond motifs is 1. The minimum atomic E-state index is -0.847. The van der Waals surface area contributed by atoms with Crippen LogP contribution >= 0.6 is 12.6 Å². The molecule has 2 atom stereocenters. The molecule has 2 rings (SSSR count). The Bertz CT molecular complexity index is 623. The van der Waals surface area contributed by atoms with Gasteiger partial charge >= 0.3 is 0 Å². The molecule has 1 heterocycles. The lowest BCUT2D eigenvalue weighted by atomic mass is 10.0. The lowest BCUT2D eigenvalue weighted by Crippen LogP contribution is -2.46. The van der Waals surface area contributed by atoms with Crippen molar-refractivity contribution < 1.29 is 9.59 Å². The monoisotopic (exact) mass is 277 g/mol. The highest BCUT2D eigenvalue weighted by atomic mass is 32.1. The highest BCUT2D eigenvalue weighted by Crippen LogP contribution is 2.30. The molecular formula is C13H15N3O2S. The van der Waals surface area contributed by atoms with Crippen LogP contribution < -0.4 is 11.1 Å². The molecule has 1 aromatic carbocycles. The number of nitrogens with two attached hydrogens (primary N) is 1. The minimum Gasteiger partial charge on any atom is -0.368 e. The molecule has 2 amide bonds. The number of carbonyl (C=O) groups is 2. The summed E-state index contributed by atoms with van der Waals surface area (Å²) in [5.74, 6) is -0.928. The maximum absolute atomic E-state index is 11.5. The van der Waals surface area contributed by atoms with Gasteiger partial charge in [-0.05, 0) is 11.6 Å². The van der Waals surface area contributed by atoms with E-state index in [0.29, 0.717) is 0 Å². The van der Waals surface area contributed by atoms with Gasteiger partial charge in [0.05, 0.1) is 5.25 Å². The smallest absolute Gasteiger partial charge is 0.241 e. The van der Waals surface area contributed by atoms with Crippen LogP contribution in [0.15, 0.2) is 30.5 Å². The van der Waals surface area contributed by atoms with Crippen molar-refractivity contribution >= 4 is 35.3 Å². The molecule has 0 fully saturated rings. The van der Waals surface area contributed by atoms with Crippen molar-refractivity contribution in [1.29, 1.82) is 0 Å². The van der Waals surface area contributed by atoms with Gasteiger partial charge in [-0.2, -0.15) is 12.6 Å². The lowest BCUT2D eigenvalue weighted by molar-refractivity contribution is -0.126. The molecule has 0 saturated carbocycles. The van der Waals surface area contributed by atoms with Crippen LogP contribution in [0.2, 0.25) is 0 Å². The third-order valence-corrected chi connectivity index (χ3v) is 3.50. The molecule has 0 aliphatic heterocycles. The highest BCUT2D eigenvalue weighted by molar-refractivity contribution is 7.80. The first kappa shape index (κ1) is 13.5. The van der Waals surface area contributed by atoms with E-state index in [0.717, 1.165) is 16.5 Å². The van der Waals surface area contributed by atoms with E-state index in [9.17, 15) is 9.59 Å². The van der Waals surface area contributed by atoms with Crippen LogP contribution in [0.3, 0.4) is 0 Å². The zero-order valence-corrected chi connectivity index (χ0v) is 11.3. The summed E-state index contributed by atoms with van der Waals surface area (Å²) in [6.07, 6.45) is 1.78. The summed E-state index contributed by atoms with van der Waals surface area (Å²) in [6, 6.07) is 6.82. The molecule has 0 radical (unpaired) electrons. The third kappa shape index (κ3) is 2.73. The van der Waals surface area contributed by atoms with E-state index >= 15 is 0 Å². The summed E-state index contributed by atoms with van der Waals surface area (Å²) in [5.41, 5.74) is 7.10. The van der Waals surface area contributed by atoms with E-state index in [2.05, 4.69) is 22.9 Å². The Morgan fingerprint density at radius 1 is 1.37 bits per heavy atom. The van der Waals surface area contributed by atoms with Crippen LogP contribution in [0.25, 0.3) is 10.9 Å². The predicted molar refractivity (Wildman–Crippen MR) is 76.8 cm³/mol. The van der Waals surface area contributed by atoms with E-state index in [4.69, 9.17) is 5.73 Å². The van der Waals surface area contributed by atoms with E-state index in [1.807, 2.05) is 24.3 Å². The minimum absolute atomic E-state index is 0.317. The largest absolute Gasteiger partial charge is 0.368 e. The van der Waals surface area contributed by atoms with Crippen LogP contribution in [-0.2, 0) is 9.59 Å². The summed E-state index contributed by atoms with van der Waals surface area (Å²) in [7, 11) is 0. The van der Waals surface area contributed by atoms with Gasteiger partial charge in [0, 0.05) is 24.0 Å². The summed E-state index contributed by atoms with van der Waals surface area (Å²) in [5, 5.41) is 2.98. The van der Waals surface area contributed by atoms with E-state index in [-0.39, 0.29) is 5.91 Å². The average molecular weight is 277 g/mol. The molecule has 2 aromatic rings. The second-order valence-electron chi connectivity index (χ2n) is 4.32. The second kappa shape index (κ2) is 5.36. The fourth-order valence-electron chi connectivity index (χ4n) is 2.04. The van der Waals surface area contributed by atoms with Crippen molar-refractivity contribution in [2.24, 2.45) is 5.73 Å². The first-order valence-corrected chi connectivity index (χ1v) is 6.33. The molecule has 1 aromatic heterocycles. The number of primary amides is 1. The molecule has 100 valence electrons. The molecule has 0 bridgehead atoms. The summed E-state index contributed by atoms with van der Waals surface area (Å²) >= 11 is 4.43. The number of nitrogens with one attached hydrogen (secondary N) is 2. The van der Waals surface area contributed by atoms with Crippen molar-refractivity contribution in [2.75, 3.05) is 0 Å². The Kier molecular flexibility index (Phi) is 3.80. The van der Waals surface area contributed by atoms with Crippen molar-refractivity contribution in [1.82, 2.24) is 10.3 Å². The SMILES string of the molecule is CC(=O)NC(C(N)=O)C(S)c1c[nH]c2ccccc12. The molecule has 4 N–H and O–H groups in total. The number of aromatic amines is 1. The summed E-state index contributed by atoms with van der Waals surface area (Å²) in [6.45, 7) is 1.34. The van der Waals surface area contributed by atoms with Crippen LogP contribution in [0.1, 0.15) is 17.7 Å². The molecule has 0 aliphatic carbocycles. The Hall–Kier alpha value is -1.95. The van der Waals surface area contributed by atoms with Crippen LogP contribution in [0.4, 0.5) is 0 Å². The topological polar surface area (TPSA) is 88.0 Å². The van der Waals surface area contributed by atoms with Gasteiger partial charge in [0.2, 0.25) is 11.8 Å². The van der Waals surface area contributed by atoms with Crippen molar-refractivity contribution in [2.45, 2.75) is 18.2 Å². The number of aromatic nitrogens is 1. The summed E-state index contributed by atoms with van der Waals surface area (Å²) in [4.78, 5) is 25.7. The van der Waals surface area contributed by atoms with Crippen LogP contribution in [0, 0.1) is 0 Å². The quantitative estimate of drug-likeness (QED) is 0.631. The Balaban J connectivity index is 2.38. The van der Waals surface area contributed by atoms with Crippen LogP contribution in [0.5, 0.6) is 0 Å². The first-order chi connectivity index (χ1) is 9.00. The fourth-order valence-corrected chi connectivity index (χ4v) is 2.48. The molecule has 6 heteroatoms. The molecule has 5 nitrogen and oxygen atoms in total. The number of thiol groups is 1. The summed E-state index contributed by atoms with van der Waals surface area (Å²) < 4.78 is 0. The van der Waals surface area contributed by atoms with E-state index < -0.39 is 17.2 Å². The third-order valence-electron chi connectivity index (χ3n) is 2.92.